The molecular formula is C31H40N4O. The van der Waals surface area contributed by atoms with Gasteiger partial charge >= 0.3 is 0 Å². The average Bonchev–Trinajstić information content (AvgIpc) is 3.45. The number of pyridine rings is 2. The molecule has 5 rings (SSSR count). The fourth-order valence-electron chi connectivity index (χ4n) is 6.23. The number of aryl methyl sites for hydroxylation is 2. The van der Waals surface area contributed by atoms with Gasteiger partial charge in [-0.25, -0.2) is 0 Å². The molecule has 0 amide bonds. The van der Waals surface area contributed by atoms with Crippen molar-refractivity contribution in [1.29, 1.82) is 0 Å². The van der Waals surface area contributed by atoms with Gasteiger partial charge in [-0.15, -0.1) is 0 Å². The van der Waals surface area contributed by atoms with Crippen LogP contribution in [-0.4, -0.2) is 19.7 Å². The lowest BCUT2D eigenvalue weighted by atomic mass is 9.83. The van der Waals surface area contributed by atoms with Crippen LogP contribution in [0.4, 0.5) is 0 Å². The van der Waals surface area contributed by atoms with Gasteiger partial charge in [0.1, 0.15) is 5.76 Å². The SMILES string of the molecule is Cc1noc(C)c1-c1cnc2c(C3CCCCCC(C(C)C)CC3)cn(C(C)c3ccccn3)c2c1. The van der Waals surface area contributed by atoms with Crippen molar-refractivity contribution in [3.05, 3.63) is 65.6 Å². The van der Waals surface area contributed by atoms with Crippen LogP contribution in [0.3, 0.4) is 0 Å². The minimum atomic E-state index is 0.115. The summed E-state index contributed by atoms with van der Waals surface area (Å²) in [7, 11) is 0. The first-order chi connectivity index (χ1) is 17.4. The van der Waals surface area contributed by atoms with E-state index in [1.807, 2.05) is 32.3 Å². The summed E-state index contributed by atoms with van der Waals surface area (Å²) < 4.78 is 7.88. The molecule has 1 fully saturated rings. The molecule has 1 saturated carbocycles. The van der Waals surface area contributed by atoms with E-state index in [0.717, 1.165) is 45.6 Å². The summed E-state index contributed by atoms with van der Waals surface area (Å²) in [4.78, 5) is 9.80. The van der Waals surface area contributed by atoms with Crippen molar-refractivity contribution in [2.45, 2.75) is 91.5 Å². The minimum Gasteiger partial charge on any atom is -0.361 e. The normalized spacial score (nSPS) is 20.3. The van der Waals surface area contributed by atoms with Gasteiger partial charge in [0.15, 0.2) is 0 Å². The van der Waals surface area contributed by atoms with E-state index in [-0.39, 0.29) is 6.04 Å². The molecule has 4 heterocycles. The van der Waals surface area contributed by atoms with E-state index < -0.39 is 0 Å². The molecule has 5 heteroatoms. The third kappa shape index (κ3) is 4.85. The molecule has 0 aliphatic heterocycles. The molecule has 3 atom stereocenters. The van der Waals surface area contributed by atoms with Gasteiger partial charge in [-0.3, -0.25) is 9.97 Å². The Kier molecular flexibility index (Phi) is 7.27. The van der Waals surface area contributed by atoms with Crippen LogP contribution in [0.25, 0.3) is 22.2 Å². The fraction of sp³-hybridized carbons (Fsp3) is 0.516. The Morgan fingerprint density at radius 2 is 1.81 bits per heavy atom. The molecule has 5 nitrogen and oxygen atoms in total. The Morgan fingerprint density at radius 1 is 0.972 bits per heavy atom. The third-order valence-corrected chi connectivity index (χ3v) is 8.45. The van der Waals surface area contributed by atoms with Crippen LogP contribution in [0.1, 0.15) is 100 Å². The number of hydrogen-bond acceptors (Lipinski definition) is 4. The second-order valence-electron chi connectivity index (χ2n) is 11.1. The minimum absolute atomic E-state index is 0.115. The lowest BCUT2D eigenvalue weighted by Crippen LogP contribution is -2.10. The molecule has 0 saturated heterocycles. The van der Waals surface area contributed by atoms with E-state index in [1.54, 1.807) is 0 Å². The summed E-state index contributed by atoms with van der Waals surface area (Å²) in [5.41, 5.74) is 7.79. The van der Waals surface area contributed by atoms with Crippen molar-refractivity contribution in [1.82, 2.24) is 19.7 Å². The summed E-state index contributed by atoms with van der Waals surface area (Å²) in [6, 6.07) is 8.57. The molecule has 1 aliphatic rings. The molecule has 0 bridgehead atoms. The number of hydrogen-bond donors (Lipinski definition) is 0. The van der Waals surface area contributed by atoms with Gasteiger partial charge in [-0.1, -0.05) is 50.8 Å². The zero-order chi connectivity index (χ0) is 25.2. The highest BCUT2D eigenvalue weighted by Gasteiger charge is 2.25. The molecule has 0 spiro atoms. The smallest absolute Gasteiger partial charge is 0.141 e. The van der Waals surface area contributed by atoms with Crippen molar-refractivity contribution in [2.24, 2.45) is 11.8 Å². The van der Waals surface area contributed by atoms with E-state index in [4.69, 9.17) is 9.51 Å². The molecule has 0 N–H and O–H groups in total. The molecule has 190 valence electrons. The van der Waals surface area contributed by atoms with E-state index in [1.165, 1.54) is 56.0 Å². The number of nitrogens with zero attached hydrogens (tertiary/aromatic N) is 4. The summed E-state index contributed by atoms with van der Waals surface area (Å²) in [6.07, 6.45) is 15.5. The fourth-order valence-corrected chi connectivity index (χ4v) is 6.23. The van der Waals surface area contributed by atoms with Gasteiger partial charge in [0.05, 0.1) is 28.5 Å². The number of fused-ring (bicyclic) bond motifs is 1. The van der Waals surface area contributed by atoms with E-state index in [0.29, 0.717) is 5.92 Å². The molecule has 3 unspecified atom stereocenters. The van der Waals surface area contributed by atoms with Gasteiger partial charge in [0, 0.05) is 29.7 Å². The van der Waals surface area contributed by atoms with Crippen molar-refractivity contribution in [3.8, 4) is 11.1 Å². The van der Waals surface area contributed by atoms with Gasteiger partial charge in [-0.05, 0) is 81.5 Å². The Hall–Kier alpha value is -2.95. The molecule has 0 aromatic carbocycles. The summed E-state index contributed by atoms with van der Waals surface area (Å²) in [6.45, 7) is 11.0. The van der Waals surface area contributed by atoms with Crippen LogP contribution < -0.4 is 0 Å². The van der Waals surface area contributed by atoms with Gasteiger partial charge in [0.25, 0.3) is 0 Å². The maximum Gasteiger partial charge on any atom is 0.141 e. The highest BCUT2D eigenvalue weighted by Crippen LogP contribution is 2.40. The predicted octanol–water partition coefficient (Wildman–Crippen LogP) is 8.41. The van der Waals surface area contributed by atoms with Crippen LogP contribution in [0.2, 0.25) is 0 Å². The zero-order valence-electron chi connectivity index (χ0n) is 22.5. The van der Waals surface area contributed by atoms with Crippen molar-refractivity contribution >= 4 is 11.0 Å². The summed E-state index contributed by atoms with van der Waals surface area (Å²) in [5.74, 6) is 2.96. The summed E-state index contributed by atoms with van der Waals surface area (Å²) in [5, 5.41) is 4.19. The Labute approximate surface area is 215 Å². The van der Waals surface area contributed by atoms with E-state index in [9.17, 15) is 0 Å². The summed E-state index contributed by atoms with van der Waals surface area (Å²) >= 11 is 0. The van der Waals surface area contributed by atoms with Crippen molar-refractivity contribution in [3.63, 3.8) is 0 Å². The molecule has 4 aromatic heterocycles. The predicted molar refractivity (Wildman–Crippen MR) is 146 cm³/mol. The monoisotopic (exact) mass is 484 g/mol. The van der Waals surface area contributed by atoms with Crippen molar-refractivity contribution < 1.29 is 4.52 Å². The lowest BCUT2D eigenvalue weighted by Gasteiger charge is -2.22. The molecule has 4 aromatic rings. The molecular weight excluding hydrogens is 444 g/mol. The largest absolute Gasteiger partial charge is 0.361 e. The van der Waals surface area contributed by atoms with E-state index >= 15 is 0 Å². The van der Waals surface area contributed by atoms with E-state index in [2.05, 4.69) is 59.9 Å². The standard InChI is InChI=1S/C31H40N4O/c1-20(2)24-11-7-6-8-12-25(15-14-24)27-19-35(22(4)28-13-9-10-16-32-28)29-17-26(18-33-31(27)29)30-21(3)34-36-23(30)5/h9-10,13,16-20,22,24-25H,6-8,11-12,14-15H2,1-5H3. The third-order valence-electron chi connectivity index (χ3n) is 8.45. The maximum absolute atomic E-state index is 5.48. The highest BCUT2D eigenvalue weighted by molar-refractivity contribution is 5.85. The van der Waals surface area contributed by atoms with Crippen LogP contribution in [0.5, 0.6) is 0 Å². The maximum atomic E-state index is 5.48. The second-order valence-corrected chi connectivity index (χ2v) is 11.1. The van der Waals surface area contributed by atoms with Crippen LogP contribution >= 0.6 is 0 Å². The second kappa shape index (κ2) is 10.6. The number of aromatic nitrogens is 4. The molecule has 36 heavy (non-hydrogen) atoms. The first-order valence-corrected chi connectivity index (χ1v) is 13.8. The Bertz CT molecular complexity index is 1280. The van der Waals surface area contributed by atoms with Crippen LogP contribution in [0, 0.1) is 25.7 Å². The lowest BCUT2D eigenvalue weighted by molar-refractivity contribution is 0.318. The first kappa shape index (κ1) is 24.7. The van der Waals surface area contributed by atoms with Crippen LogP contribution in [-0.2, 0) is 0 Å². The Morgan fingerprint density at radius 3 is 2.53 bits per heavy atom. The zero-order valence-corrected chi connectivity index (χ0v) is 22.5. The molecule has 0 radical (unpaired) electrons. The van der Waals surface area contributed by atoms with Gasteiger partial charge < -0.3 is 9.09 Å². The van der Waals surface area contributed by atoms with Gasteiger partial charge in [0.2, 0.25) is 0 Å². The van der Waals surface area contributed by atoms with Gasteiger partial charge in [-0.2, -0.15) is 0 Å². The van der Waals surface area contributed by atoms with Crippen molar-refractivity contribution in [2.75, 3.05) is 0 Å². The first-order valence-electron chi connectivity index (χ1n) is 13.8. The molecule has 1 aliphatic carbocycles. The quantitative estimate of drug-likeness (QED) is 0.285. The topological polar surface area (TPSA) is 56.7 Å². The number of rotatable bonds is 5. The highest BCUT2D eigenvalue weighted by atomic mass is 16.5. The van der Waals surface area contributed by atoms with Crippen LogP contribution in [0.15, 0.2) is 47.4 Å². The average molecular weight is 485 g/mol. The Balaban J connectivity index is 1.61.